The summed E-state index contributed by atoms with van der Waals surface area (Å²) in [6, 6.07) is 5.91. The number of hydrogen-bond donors (Lipinski definition) is 1. The normalized spacial score (nSPS) is 20.9. The second kappa shape index (κ2) is 5.98. The number of nitrogens with one attached hydrogen (secondary N) is 1. The van der Waals surface area contributed by atoms with Gasteiger partial charge in [-0.15, -0.1) is 11.6 Å². The number of anilines is 1. The van der Waals surface area contributed by atoms with Crippen LogP contribution in [0.4, 0.5) is 5.82 Å². The average molecular weight is 307 g/mol. The largest absolute Gasteiger partial charge is 0.493 e. The van der Waals surface area contributed by atoms with E-state index < -0.39 is 0 Å². The molecule has 1 fully saturated rings. The lowest BCUT2D eigenvalue weighted by atomic mass is 9.85. The predicted molar refractivity (Wildman–Crippen MR) is 85.7 cm³/mol. The summed E-state index contributed by atoms with van der Waals surface area (Å²) in [5.41, 5.74) is 0. The van der Waals surface area contributed by atoms with E-state index in [1.165, 1.54) is 0 Å². The molecule has 5 heteroatoms. The lowest BCUT2D eigenvalue weighted by molar-refractivity contribution is 0.341. The molecule has 1 saturated carbocycles. The fourth-order valence-corrected chi connectivity index (χ4v) is 3.21. The van der Waals surface area contributed by atoms with Crippen LogP contribution < -0.4 is 14.8 Å². The third kappa shape index (κ3) is 2.86. The number of methoxy groups -OCH3 is 2. The number of fused-ring (bicyclic) bond motifs is 1. The summed E-state index contributed by atoms with van der Waals surface area (Å²) in [4.78, 5) is 4.45. The van der Waals surface area contributed by atoms with E-state index in [1.54, 1.807) is 14.2 Å². The second-order valence-corrected chi connectivity index (χ2v) is 6.02. The highest BCUT2D eigenvalue weighted by Gasteiger charge is 2.26. The number of alkyl halides is 1. The van der Waals surface area contributed by atoms with Crippen molar-refractivity contribution in [1.82, 2.24) is 4.98 Å². The van der Waals surface area contributed by atoms with Crippen molar-refractivity contribution in [3.63, 3.8) is 0 Å². The zero-order valence-electron chi connectivity index (χ0n) is 12.2. The van der Waals surface area contributed by atoms with E-state index in [9.17, 15) is 0 Å². The minimum absolute atomic E-state index is 0.349. The number of rotatable bonds is 5. The van der Waals surface area contributed by atoms with Crippen molar-refractivity contribution in [2.24, 2.45) is 5.92 Å². The van der Waals surface area contributed by atoms with Crippen molar-refractivity contribution in [1.29, 1.82) is 0 Å². The number of halogens is 1. The lowest BCUT2D eigenvalue weighted by Crippen LogP contribution is -2.30. The van der Waals surface area contributed by atoms with Crippen molar-refractivity contribution in [2.45, 2.75) is 18.2 Å². The molecule has 1 N–H and O–H groups in total. The standard InChI is InChI=1S/C16H19ClN2O2/c1-20-14-7-11-3-4-18-16(13(11)8-15(14)21-2)19-9-10-5-12(17)6-10/h3-4,7-8,10,12H,5-6,9H2,1-2H3,(H,18,19). The molecular weight excluding hydrogens is 288 g/mol. The van der Waals surface area contributed by atoms with Gasteiger partial charge in [-0.05, 0) is 42.3 Å². The van der Waals surface area contributed by atoms with Crippen LogP contribution in [0.5, 0.6) is 11.5 Å². The first-order valence-corrected chi connectivity index (χ1v) is 7.53. The fourth-order valence-electron chi connectivity index (χ4n) is 2.70. The maximum atomic E-state index is 6.02. The molecule has 1 aliphatic rings. The van der Waals surface area contributed by atoms with Crippen molar-refractivity contribution < 1.29 is 9.47 Å². The van der Waals surface area contributed by atoms with Gasteiger partial charge in [-0.25, -0.2) is 4.98 Å². The van der Waals surface area contributed by atoms with Crippen LogP contribution in [0, 0.1) is 5.92 Å². The van der Waals surface area contributed by atoms with Gasteiger partial charge in [0.1, 0.15) is 5.82 Å². The van der Waals surface area contributed by atoms with E-state index in [0.29, 0.717) is 17.0 Å². The molecule has 3 rings (SSSR count). The monoisotopic (exact) mass is 306 g/mol. The Balaban J connectivity index is 1.87. The molecule has 21 heavy (non-hydrogen) atoms. The third-order valence-electron chi connectivity index (χ3n) is 4.00. The number of aromatic nitrogens is 1. The number of pyridine rings is 1. The summed E-state index contributed by atoms with van der Waals surface area (Å²) in [6.07, 6.45) is 3.97. The topological polar surface area (TPSA) is 43.4 Å². The summed E-state index contributed by atoms with van der Waals surface area (Å²) in [7, 11) is 3.28. The molecule has 0 bridgehead atoms. The van der Waals surface area contributed by atoms with Gasteiger partial charge in [-0.1, -0.05) is 0 Å². The summed E-state index contributed by atoms with van der Waals surface area (Å²) in [5.74, 6) is 2.97. The highest BCUT2D eigenvalue weighted by molar-refractivity contribution is 6.21. The maximum absolute atomic E-state index is 6.02. The highest BCUT2D eigenvalue weighted by Crippen LogP contribution is 2.35. The Hall–Kier alpha value is -1.68. The fraction of sp³-hybridized carbons (Fsp3) is 0.438. The Bertz CT molecular complexity index is 641. The molecule has 0 aliphatic heterocycles. The van der Waals surface area contributed by atoms with Gasteiger partial charge in [-0.2, -0.15) is 0 Å². The summed E-state index contributed by atoms with van der Waals surface area (Å²) < 4.78 is 10.7. The van der Waals surface area contributed by atoms with Crippen LogP contribution in [-0.4, -0.2) is 31.1 Å². The summed E-state index contributed by atoms with van der Waals surface area (Å²) in [6.45, 7) is 0.906. The Kier molecular flexibility index (Phi) is 4.06. The van der Waals surface area contributed by atoms with E-state index >= 15 is 0 Å². The summed E-state index contributed by atoms with van der Waals surface area (Å²) in [5, 5.41) is 5.90. The molecule has 2 aromatic rings. The molecule has 112 valence electrons. The van der Waals surface area contributed by atoms with Gasteiger partial charge in [0, 0.05) is 23.5 Å². The van der Waals surface area contributed by atoms with Crippen molar-refractivity contribution in [2.75, 3.05) is 26.1 Å². The molecule has 0 spiro atoms. The van der Waals surface area contributed by atoms with Crippen LogP contribution in [0.3, 0.4) is 0 Å². The van der Waals surface area contributed by atoms with Crippen molar-refractivity contribution in [3.8, 4) is 11.5 Å². The molecule has 0 unspecified atom stereocenters. The molecule has 1 heterocycles. The maximum Gasteiger partial charge on any atom is 0.161 e. The predicted octanol–water partition coefficient (Wildman–Crippen LogP) is 3.68. The zero-order chi connectivity index (χ0) is 14.8. The Labute approximate surface area is 129 Å². The number of benzene rings is 1. The SMILES string of the molecule is COc1cc2ccnc(NCC3CC(Cl)C3)c2cc1OC. The molecule has 0 saturated heterocycles. The van der Waals surface area contributed by atoms with Crippen LogP contribution >= 0.6 is 11.6 Å². The van der Waals surface area contributed by atoms with Gasteiger partial charge in [0.2, 0.25) is 0 Å². The first-order valence-electron chi connectivity index (χ1n) is 7.10. The molecule has 0 radical (unpaired) electrons. The number of nitrogens with zero attached hydrogens (tertiary/aromatic N) is 1. The minimum atomic E-state index is 0.349. The van der Waals surface area contributed by atoms with Crippen molar-refractivity contribution >= 4 is 28.2 Å². The highest BCUT2D eigenvalue weighted by atomic mass is 35.5. The van der Waals surface area contributed by atoms with E-state index in [4.69, 9.17) is 21.1 Å². The van der Waals surface area contributed by atoms with Gasteiger partial charge < -0.3 is 14.8 Å². The van der Waals surface area contributed by atoms with Gasteiger partial charge in [0.05, 0.1) is 14.2 Å². The molecule has 0 atom stereocenters. The van der Waals surface area contributed by atoms with E-state index in [0.717, 1.165) is 41.7 Å². The van der Waals surface area contributed by atoms with Crippen LogP contribution in [0.1, 0.15) is 12.8 Å². The van der Waals surface area contributed by atoms with Crippen LogP contribution in [-0.2, 0) is 0 Å². The Morgan fingerprint density at radius 2 is 1.95 bits per heavy atom. The minimum Gasteiger partial charge on any atom is -0.493 e. The molecule has 1 aliphatic carbocycles. The lowest BCUT2D eigenvalue weighted by Gasteiger charge is -2.31. The smallest absolute Gasteiger partial charge is 0.161 e. The van der Waals surface area contributed by atoms with Crippen LogP contribution in [0.15, 0.2) is 24.4 Å². The first kappa shape index (κ1) is 14.3. The van der Waals surface area contributed by atoms with Crippen LogP contribution in [0.25, 0.3) is 10.8 Å². The molecule has 1 aromatic carbocycles. The van der Waals surface area contributed by atoms with Crippen LogP contribution in [0.2, 0.25) is 0 Å². The molecule has 0 amide bonds. The first-order chi connectivity index (χ1) is 10.2. The molecular formula is C16H19ClN2O2. The Morgan fingerprint density at radius 3 is 2.62 bits per heavy atom. The number of ether oxygens (including phenoxy) is 2. The average Bonchev–Trinajstić information content (AvgIpc) is 2.48. The van der Waals surface area contributed by atoms with Gasteiger partial charge in [0.15, 0.2) is 11.5 Å². The summed E-state index contributed by atoms with van der Waals surface area (Å²) >= 11 is 6.02. The van der Waals surface area contributed by atoms with E-state index in [1.807, 2.05) is 24.4 Å². The third-order valence-corrected chi connectivity index (χ3v) is 4.36. The van der Waals surface area contributed by atoms with Gasteiger partial charge in [-0.3, -0.25) is 0 Å². The van der Waals surface area contributed by atoms with E-state index in [-0.39, 0.29) is 0 Å². The quantitative estimate of drug-likeness (QED) is 0.856. The molecule has 1 aromatic heterocycles. The molecule has 4 nitrogen and oxygen atoms in total. The number of hydrogen-bond acceptors (Lipinski definition) is 4. The van der Waals surface area contributed by atoms with Gasteiger partial charge >= 0.3 is 0 Å². The second-order valence-electron chi connectivity index (χ2n) is 5.40. The Morgan fingerprint density at radius 1 is 1.24 bits per heavy atom. The van der Waals surface area contributed by atoms with Crippen molar-refractivity contribution in [3.05, 3.63) is 24.4 Å². The zero-order valence-corrected chi connectivity index (χ0v) is 13.0. The van der Waals surface area contributed by atoms with E-state index in [2.05, 4.69) is 10.3 Å². The van der Waals surface area contributed by atoms with Gasteiger partial charge in [0.25, 0.3) is 0 Å².